The van der Waals surface area contributed by atoms with Gasteiger partial charge in [-0.15, -0.1) is 0 Å². The predicted octanol–water partition coefficient (Wildman–Crippen LogP) is 6.32. The highest BCUT2D eigenvalue weighted by atomic mass is 16.5. The lowest BCUT2D eigenvalue weighted by molar-refractivity contribution is -0.132. The molecule has 2 saturated carbocycles. The Morgan fingerprint density at radius 2 is 1.88 bits per heavy atom. The Bertz CT molecular complexity index is 1030. The highest BCUT2D eigenvalue weighted by Gasteiger charge is 2.58. The number of benzene rings is 1. The van der Waals surface area contributed by atoms with Crippen molar-refractivity contribution in [2.75, 3.05) is 32.2 Å². The highest BCUT2D eigenvalue weighted by Crippen LogP contribution is 2.65. The van der Waals surface area contributed by atoms with Crippen molar-refractivity contribution in [2.24, 2.45) is 23.2 Å². The molecular weight excluding hydrogens is 420 g/mol. The summed E-state index contributed by atoms with van der Waals surface area (Å²) in [5.74, 6) is 1.91. The first-order chi connectivity index (χ1) is 16.3. The number of anilines is 1. The number of carbonyl (C=O) groups is 1. The van der Waals surface area contributed by atoms with Gasteiger partial charge in [-0.05, 0) is 104 Å². The lowest BCUT2D eigenvalue weighted by Crippen LogP contribution is -2.45. The van der Waals surface area contributed by atoms with Crippen molar-refractivity contribution in [3.63, 3.8) is 0 Å². The van der Waals surface area contributed by atoms with Crippen molar-refractivity contribution in [2.45, 2.75) is 64.7 Å². The molecule has 4 aliphatic rings. The number of carbonyl (C=O) groups excluding carboxylic acids is 1. The highest BCUT2D eigenvalue weighted by molar-refractivity contribution is 5.95. The van der Waals surface area contributed by atoms with Gasteiger partial charge in [0.25, 0.3) is 0 Å². The Kier molecular flexibility index (Phi) is 6.31. The van der Waals surface area contributed by atoms with Gasteiger partial charge >= 0.3 is 0 Å². The second kappa shape index (κ2) is 9.11. The van der Waals surface area contributed by atoms with Gasteiger partial charge < -0.3 is 15.0 Å². The Morgan fingerprint density at radius 1 is 1.12 bits per heavy atom. The third kappa shape index (κ3) is 3.88. The molecule has 34 heavy (non-hydrogen) atoms. The zero-order valence-corrected chi connectivity index (χ0v) is 21.3. The van der Waals surface area contributed by atoms with Crippen LogP contribution in [0.4, 0.5) is 5.69 Å². The first kappa shape index (κ1) is 23.5. The van der Waals surface area contributed by atoms with Gasteiger partial charge in [-0.25, -0.2) is 0 Å². The Labute approximate surface area is 205 Å². The summed E-state index contributed by atoms with van der Waals surface area (Å²) in [7, 11) is 4.17. The van der Waals surface area contributed by atoms with Crippen molar-refractivity contribution >= 4 is 17.2 Å². The fourth-order valence-corrected chi connectivity index (χ4v) is 7.82. The number of allylic oxidation sites excluding steroid dienone is 4. The van der Waals surface area contributed by atoms with E-state index >= 15 is 0 Å². The number of hydrogen-bond acceptors (Lipinski definition) is 4. The molecule has 2 fully saturated rings. The van der Waals surface area contributed by atoms with Crippen LogP contribution >= 0.6 is 0 Å². The van der Waals surface area contributed by atoms with E-state index in [1.165, 1.54) is 16.8 Å². The molecule has 1 N–H and O–H groups in total. The van der Waals surface area contributed by atoms with Crippen molar-refractivity contribution in [3.05, 3.63) is 52.6 Å². The fourth-order valence-electron chi connectivity index (χ4n) is 7.82. The molecule has 0 saturated heterocycles. The molecule has 0 bridgehead atoms. The number of nitrogens with one attached hydrogen (secondary N) is 1. The summed E-state index contributed by atoms with van der Waals surface area (Å²) < 4.78 is 5.58. The van der Waals surface area contributed by atoms with Crippen LogP contribution in [0.5, 0.6) is 0 Å². The summed E-state index contributed by atoms with van der Waals surface area (Å²) >= 11 is 0. The molecule has 0 aliphatic heterocycles. The molecule has 4 nitrogen and oxygen atoms in total. The van der Waals surface area contributed by atoms with Gasteiger partial charge in [0, 0.05) is 43.9 Å². The van der Waals surface area contributed by atoms with E-state index in [0.717, 1.165) is 50.7 Å². The maximum atomic E-state index is 13.3. The summed E-state index contributed by atoms with van der Waals surface area (Å²) in [4.78, 5) is 15.4. The van der Waals surface area contributed by atoms with Crippen LogP contribution in [0, 0.1) is 28.6 Å². The molecule has 0 radical (unpaired) electrons. The van der Waals surface area contributed by atoms with E-state index in [1.807, 2.05) is 6.92 Å². The van der Waals surface area contributed by atoms with Crippen LogP contribution in [0.15, 0.2) is 47.1 Å². The Hall–Kier alpha value is -2.20. The van der Waals surface area contributed by atoms with Gasteiger partial charge in [0.1, 0.15) is 6.61 Å². The Balaban J connectivity index is 1.59. The molecule has 5 rings (SSSR count). The molecule has 0 aromatic heterocycles. The molecule has 4 heteroatoms. The summed E-state index contributed by atoms with van der Waals surface area (Å²) in [5, 5.41) is 8.25. The zero-order valence-electron chi connectivity index (χ0n) is 21.3. The molecule has 1 aromatic rings. The lowest BCUT2D eigenvalue weighted by atomic mass is 9.51. The first-order valence-corrected chi connectivity index (χ1v) is 13.2. The standard InChI is InChI=1S/C30H40N2O2/c1-5-34-18-28(33)27-15-14-26-24-12-8-20-16-21(31)9-13-23(20)29(24)25(17-30(26,27)2)19-6-10-22(11-7-19)32(3)4/h6-7,10-11,16,24-27,31H,5,8-9,12-15,17-18H2,1-4H3. The fraction of sp³-hybridized carbons (Fsp3) is 0.600. The van der Waals surface area contributed by atoms with E-state index in [2.05, 4.69) is 56.3 Å². The third-order valence-electron chi connectivity index (χ3n) is 9.42. The largest absolute Gasteiger partial charge is 0.378 e. The van der Waals surface area contributed by atoms with Gasteiger partial charge in [-0.1, -0.05) is 24.6 Å². The van der Waals surface area contributed by atoms with Crippen LogP contribution in [-0.2, 0) is 9.53 Å². The number of nitrogens with zero attached hydrogens (tertiary/aromatic N) is 1. The summed E-state index contributed by atoms with van der Waals surface area (Å²) in [6.07, 6.45) is 9.48. The minimum atomic E-state index is 0.0242. The topological polar surface area (TPSA) is 53.4 Å². The smallest absolute Gasteiger partial charge is 0.162 e. The van der Waals surface area contributed by atoms with Gasteiger partial charge in [-0.3, -0.25) is 4.79 Å². The second-order valence-electron chi connectivity index (χ2n) is 11.4. The summed E-state index contributed by atoms with van der Waals surface area (Å²) in [6, 6.07) is 9.13. The van der Waals surface area contributed by atoms with Crippen LogP contribution in [0.3, 0.4) is 0 Å². The minimum absolute atomic E-state index is 0.0242. The molecule has 182 valence electrons. The van der Waals surface area contributed by atoms with Crippen molar-refractivity contribution in [3.8, 4) is 0 Å². The van der Waals surface area contributed by atoms with Crippen LogP contribution in [0.1, 0.15) is 70.3 Å². The number of Topliss-reactive ketones (excluding diaryl/α,β-unsaturated/α-hetero) is 1. The third-order valence-corrected chi connectivity index (χ3v) is 9.42. The average molecular weight is 461 g/mol. The van der Waals surface area contributed by atoms with Crippen molar-refractivity contribution in [1.82, 2.24) is 0 Å². The van der Waals surface area contributed by atoms with E-state index in [9.17, 15) is 4.79 Å². The molecule has 5 unspecified atom stereocenters. The normalized spacial score (nSPS) is 32.6. The van der Waals surface area contributed by atoms with E-state index < -0.39 is 0 Å². The van der Waals surface area contributed by atoms with E-state index in [-0.39, 0.29) is 17.9 Å². The van der Waals surface area contributed by atoms with Gasteiger partial charge in [0.2, 0.25) is 0 Å². The second-order valence-corrected chi connectivity index (χ2v) is 11.4. The molecular formula is C30H40N2O2. The van der Waals surface area contributed by atoms with Crippen molar-refractivity contribution in [1.29, 1.82) is 5.41 Å². The molecule has 4 aliphatic carbocycles. The van der Waals surface area contributed by atoms with Gasteiger partial charge in [0.15, 0.2) is 5.78 Å². The van der Waals surface area contributed by atoms with Crippen LogP contribution in [0.25, 0.3) is 0 Å². The Morgan fingerprint density at radius 3 is 2.59 bits per heavy atom. The molecule has 0 heterocycles. The lowest BCUT2D eigenvalue weighted by Gasteiger charge is -2.52. The van der Waals surface area contributed by atoms with Crippen LogP contribution in [-0.4, -0.2) is 38.8 Å². The van der Waals surface area contributed by atoms with Gasteiger partial charge in [-0.2, -0.15) is 0 Å². The quantitative estimate of drug-likeness (QED) is 0.540. The van der Waals surface area contributed by atoms with E-state index in [0.29, 0.717) is 30.1 Å². The summed E-state index contributed by atoms with van der Waals surface area (Å²) in [5.41, 5.74) is 8.05. The van der Waals surface area contributed by atoms with E-state index in [4.69, 9.17) is 10.1 Å². The monoisotopic (exact) mass is 460 g/mol. The average Bonchev–Trinajstić information content (AvgIpc) is 3.18. The van der Waals surface area contributed by atoms with Gasteiger partial charge in [0.05, 0.1) is 0 Å². The zero-order chi connectivity index (χ0) is 24.0. The van der Waals surface area contributed by atoms with E-state index in [1.54, 1.807) is 11.1 Å². The number of hydrogen-bond donors (Lipinski definition) is 1. The number of ether oxygens (including phenoxy) is 1. The molecule has 1 aromatic carbocycles. The SMILES string of the molecule is CCOCC(=O)C1CCC2C3CCC4=CC(=N)CCC4=C3C(c3ccc(N(C)C)cc3)CC12C. The minimum Gasteiger partial charge on any atom is -0.378 e. The number of rotatable bonds is 6. The molecule has 0 amide bonds. The molecule has 0 spiro atoms. The van der Waals surface area contributed by atoms with Crippen LogP contribution in [0.2, 0.25) is 0 Å². The number of ketones is 1. The summed E-state index contributed by atoms with van der Waals surface area (Å²) in [6.45, 7) is 5.25. The van der Waals surface area contributed by atoms with Crippen molar-refractivity contribution < 1.29 is 9.53 Å². The first-order valence-electron chi connectivity index (χ1n) is 13.2. The molecule has 5 atom stereocenters. The maximum Gasteiger partial charge on any atom is 0.162 e. The predicted molar refractivity (Wildman–Crippen MR) is 139 cm³/mol. The maximum absolute atomic E-state index is 13.3. The number of fused-ring (bicyclic) bond motifs is 4. The van der Waals surface area contributed by atoms with Crippen LogP contribution < -0.4 is 4.90 Å².